The second-order valence-corrected chi connectivity index (χ2v) is 5.49. The molecule has 120 valence electrons. The predicted octanol–water partition coefficient (Wildman–Crippen LogP) is 3.77. The summed E-state index contributed by atoms with van der Waals surface area (Å²) in [6, 6.07) is 7.66. The molecular formula is C17H15BrO5. The van der Waals surface area contributed by atoms with Crippen molar-refractivity contribution in [3.8, 4) is 23.0 Å². The van der Waals surface area contributed by atoms with E-state index in [2.05, 4.69) is 15.9 Å². The first kappa shape index (κ1) is 16.9. The predicted molar refractivity (Wildman–Crippen MR) is 90.4 cm³/mol. The monoisotopic (exact) mass is 378 g/mol. The van der Waals surface area contributed by atoms with Crippen LogP contribution in [0.1, 0.15) is 15.9 Å². The molecule has 0 amide bonds. The number of methoxy groups -OCH3 is 2. The fourth-order valence-corrected chi connectivity index (χ4v) is 2.40. The Hall–Kier alpha value is -2.47. The zero-order valence-electron chi connectivity index (χ0n) is 12.5. The molecule has 2 rings (SSSR count). The molecule has 0 saturated carbocycles. The summed E-state index contributed by atoms with van der Waals surface area (Å²) < 4.78 is 10.5. The third kappa shape index (κ3) is 3.84. The number of ketones is 1. The SMILES string of the molecule is COc1cc(C(=O)C=Cc2cc(Br)c(O)c(OC)c2)ccc1O. The number of allylic oxidation sites excluding steroid dienone is 1. The van der Waals surface area contributed by atoms with Gasteiger partial charge in [0.25, 0.3) is 0 Å². The summed E-state index contributed by atoms with van der Waals surface area (Å²) in [4.78, 5) is 12.2. The molecule has 0 aliphatic heterocycles. The van der Waals surface area contributed by atoms with Gasteiger partial charge in [-0.15, -0.1) is 0 Å². The van der Waals surface area contributed by atoms with Gasteiger partial charge in [-0.2, -0.15) is 0 Å². The maximum Gasteiger partial charge on any atom is 0.185 e. The maximum absolute atomic E-state index is 12.2. The van der Waals surface area contributed by atoms with Crippen molar-refractivity contribution < 1.29 is 24.5 Å². The van der Waals surface area contributed by atoms with Crippen LogP contribution in [0.5, 0.6) is 23.0 Å². The summed E-state index contributed by atoms with van der Waals surface area (Å²) in [7, 11) is 2.86. The van der Waals surface area contributed by atoms with Gasteiger partial charge in [-0.25, -0.2) is 0 Å². The lowest BCUT2D eigenvalue weighted by Gasteiger charge is -2.06. The van der Waals surface area contributed by atoms with Crippen LogP contribution in [0.3, 0.4) is 0 Å². The number of carbonyl (C=O) groups excluding carboxylic acids is 1. The number of hydrogen-bond donors (Lipinski definition) is 2. The standard InChI is InChI=1S/C17H15BrO5/c1-22-15-9-11(4-6-14(15)20)13(19)5-3-10-7-12(18)17(21)16(8-10)23-2/h3-9,20-21H,1-2H3. The van der Waals surface area contributed by atoms with Gasteiger partial charge in [0.1, 0.15) is 0 Å². The molecular weight excluding hydrogens is 364 g/mol. The topological polar surface area (TPSA) is 76.0 Å². The lowest BCUT2D eigenvalue weighted by Crippen LogP contribution is -1.95. The van der Waals surface area contributed by atoms with E-state index in [0.717, 1.165) is 0 Å². The maximum atomic E-state index is 12.2. The van der Waals surface area contributed by atoms with Gasteiger partial charge >= 0.3 is 0 Å². The Morgan fingerprint density at radius 2 is 1.78 bits per heavy atom. The van der Waals surface area contributed by atoms with Gasteiger partial charge in [0.15, 0.2) is 28.8 Å². The molecule has 0 radical (unpaired) electrons. The van der Waals surface area contributed by atoms with Gasteiger partial charge in [0.2, 0.25) is 0 Å². The highest BCUT2D eigenvalue weighted by atomic mass is 79.9. The third-order valence-corrected chi connectivity index (χ3v) is 3.77. The Kier molecular flexibility index (Phi) is 5.28. The molecule has 0 saturated heterocycles. The average molecular weight is 379 g/mol. The minimum Gasteiger partial charge on any atom is -0.504 e. The highest BCUT2D eigenvalue weighted by Crippen LogP contribution is 2.35. The number of phenolic OH excluding ortho intramolecular Hbond substituents is 2. The van der Waals surface area contributed by atoms with E-state index in [1.807, 2.05) is 0 Å². The molecule has 6 heteroatoms. The number of benzene rings is 2. The van der Waals surface area contributed by atoms with Crippen LogP contribution in [-0.4, -0.2) is 30.2 Å². The van der Waals surface area contributed by atoms with E-state index in [0.29, 0.717) is 21.3 Å². The van der Waals surface area contributed by atoms with Crippen LogP contribution in [-0.2, 0) is 0 Å². The Bertz CT molecular complexity index is 768. The second-order valence-electron chi connectivity index (χ2n) is 4.64. The zero-order valence-corrected chi connectivity index (χ0v) is 14.1. The van der Waals surface area contributed by atoms with E-state index in [9.17, 15) is 15.0 Å². The number of hydrogen-bond acceptors (Lipinski definition) is 5. The molecule has 2 aromatic carbocycles. The van der Waals surface area contributed by atoms with Gasteiger partial charge in [0, 0.05) is 5.56 Å². The molecule has 2 aromatic rings. The van der Waals surface area contributed by atoms with E-state index in [-0.39, 0.29) is 23.0 Å². The van der Waals surface area contributed by atoms with Crippen LogP contribution in [0, 0.1) is 0 Å². The molecule has 0 fully saturated rings. The van der Waals surface area contributed by atoms with Gasteiger partial charge in [-0.3, -0.25) is 4.79 Å². The molecule has 5 nitrogen and oxygen atoms in total. The Balaban J connectivity index is 2.26. The first-order chi connectivity index (χ1) is 11.0. The van der Waals surface area contributed by atoms with Crippen LogP contribution in [0.4, 0.5) is 0 Å². The quantitative estimate of drug-likeness (QED) is 0.611. The molecule has 0 aliphatic rings. The number of halogens is 1. The summed E-state index contributed by atoms with van der Waals surface area (Å²) in [5.74, 6) is 0.266. The molecule has 0 aromatic heterocycles. The molecule has 23 heavy (non-hydrogen) atoms. The van der Waals surface area contributed by atoms with Crippen LogP contribution < -0.4 is 9.47 Å². The van der Waals surface area contributed by atoms with Gasteiger partial charge in [-0.05, 0) is 57.9 Å². The lowest BCUT2D eigenvalue weighted by atomic mass is 10.1. The largest absolute Gasteiger partial charge is 0.504 e. The Labute approximate surface area is 141 Å². The highest BCUT2D eigenvalue weighted by molar-refractivity contribution is 9.10. The van der Waals surface area contributed by atoms with Crippen molar-refractivity contribution in [2.75, 3.05) is 14.2 Å². The fraction of sp³-hybridized carbons (Fsp3) is 0.118. The third-order valence-electron chi connectivity index (χ3n) is 3.16. The first-order valence-electron chi connectivity index (χ1n) is 6.62. The first-order valence-corrected chi connectivity index (χ1v) is 7.41. The Morgan fingerprint density at radius 1 is 1.09 bits per heavy atom. The molecule has 0 spiro atoms. The van der Waals surface area contributed by atoms with Crippen molar-refractivity contribution in [2.45, 2.75) is 0 Å². The highest BCUT2D eigenvalue weighted by Gasteiger charge is 2.09. The molecule has 0 bridgehead atoms. The second kappa shape index (κ2) is 7.19. The zero-order chi connectivity index (χ0) is 17.0. The molecule has 0 heterocycles. The number of carbonyl (C=O) groups is 1. The van der Waals surface area contributed by atoms with Crippen molar-refractivity contribution >= 4 is 27.8 Å². The smallest absolute Gasteiger partial charge is 0.185 e. The van der Waals surface area contributed by atoms with Gasteiger partial charge in [-0.1, -0.05) is 6.08 Å². The van der Waals surface area contributed by atoms with E-state index in [1.54, 1.807) is 18.2 Å². The molecule has 0 unspecified atom stereocenters. The van der Waals surface area contributed by atoms with E-state index in [1.165, 1.54) is 38.5 Å². The summed E-state index contributed by atoms with van der Waals surface area (Å²) in [5, 5.41) is 19.3. The number of phenols is 2. The minimum atomic E-state index is -0.244. The fourth-order valence-electron chi connectivity index (χ4n) is 1.94. The molecule has 0 aliphatic carbocycles. The van der Waals surface area contributed by atoms with Crippen molar-refractivity contribution in [1.82, 2.24) is 0 Å². The Morgan fingerprint density at radius 3 is 2.43 bits per heavy atom. The van der Waals surface area contributed by atoms with Crippen molar-refractivity contribution in [1.29, 1.82) is 0 Å². The van der Waals surface area contributed by atoms with Crippen molar-refractivity contribution in [3.63, 3.8) is 0 Å². The van der Waals surface area contributed by atoms with Gasteiger partial charge < -0.3 is 19.7 Å². The number of rotatable bonds is 5. The van der Waals surface area contributed by atoms with Crippen LogP contribution in [0.2, 0.25) is 0 Å². The van der Waals surface area contributed by atoms with E-state index in [4.69, 9.17) is 9.47 Å². The normalized spacial score (nSPS) is 10.7. The minimum absolute atomic E-state index is 0.000697. The van der Waals surface area contributed by atoms with Crippen molar-refractivity contribution in [3.05, 3.63) is 52.0 Å². The number of aromatic hydroxyl groups is 2. The lowest BCUT2D eigenvalue weighted by molar-refractivity contribution is 0.104. The van der Waals surface area contributed by atoms with Crippen molar-refractivity contribution in [2.24, 2.45) is 0 Å². The van der Waals surface area contributed by atoms with Gasteiger partial charge in [0.05, 0.1) is 18.7 Å². The van der Waals surface area contributed by atoms with E-state index >= 15 is 0 Å². The number of ether oxygens (including phenoxy) is 2. The van der Waals surface area contributed by atoms with Crippen LogP contribution in [0.15, 0.2) is 40.9 Å². The summed E-state index contributed by atoms with van der Waals surface area (Å²) >= 11 is 3.22. The summed E-state index contributed by atoms with van der Waals surface area (Å²) in [6.45, 7) is 0. The van der Waals surface area contributed by atoms with E-state index < -0.39 is 0 Å². The van der Waals surface area contributed by atoms with Crippen LogP contribution in [0.25, 0.3) is 6.08 Å². The summed E-state index contributed by atoms with van der Waals surface area (Å²) in [5.41, 5.74) is 1.08. The van der Waals surface area contributed by atoms with Crippen LogP contribution >= 0.6 is 15.9 Å². The molecule has 2 N–H and O–H groups in total. The summed E-state index contributed by atoms with van der Waals surface area (Å²) in [6.07, 6.45) is 3.00. The average Bonchev–Trinajstić information content (AvgIpc) is 2.55. The molecule has 0 atom stereocenters.